The lowest BCUT2D eigenvalue weighted by molar-refractivity contribution is -0.153. The van der Waals surface area contributed by atoms with E-state index in [0.29, 0.717) is 0 Å². The van der Waals surface area contributed by atoms with Gasteiger partial charge in [0.05, 0.1) is 17.4 Å². The van der Waals surface area contributed by atoms with Gasteiger partial charge < -0.3 is 5.11 Å². The van der Waals surface area contributed by atoms with Crippen LogP contribution >= 0.6 is 0 Å². The van der Waals surface area contributed by atoms with Crippen LogP contribution in [0.15, 0.2) is 36.4 Å². The Hall–Kier alpha value is -2.07. The summed E-state index contributed by atoms with van der Waals surface area (Å²) in [5.41, 5.74) is -0.518. The Morgan fingerprint density at radius 2 is 1.78 bits per heavy atom. The second-order valence-electron chi connectivity index (χ2n) is 6.52. The zero-order chi connectivity index (χ0) is 17.2. The molecule has 0 saturated heterocycles. The number of ketones is 3. The van der Waals surface area contributed by atoms with Crippen molar-refractivity contribution in [2.45, 2.75) is 32.8 Å². The molecule has 1 aliphatic carbocycles. The van der Waals surface area contributed by atoms with E-state index in [1.807, 2.05) is 30.3 Å². The van der Waals surface area contributed by atoms with Crippen LogP contribution in [0.2, 0.25) is 0 Å². The number of hydrogen-bond donors (Lipinski definition) is 1. The molecule has 1 aliphatic rings. The van der Waals surface area contributed by atoms with Gasteiger partial charge in [-0.3, -0.25) is 14.4 Å². The third-order valence-electron chi connectivity index (χ3n) is 4.51. The van der Waals surface area contributed by atoms with Gasteiger partial charge in [-0.1, -0.05) is 42.5 Å². The maximum atomic E-state index is 12.3. The van der Waals surface area contributed by atoms with Crippen LogP contribution in [0.1, 0.15) is 32.8 Å². The molecule has 1 N–H and O–H groups in total. The standard InChI is InChI=1S/C19H22O4/c1-12(20)17-15(10-9-14-7-5-4-6-8-14)18(13(2)21)19(3,23)11-16(17)22/h4-10,15,17-18,23H,11H2,1-3H3/b10-9+. The number of hydrogen-bond acceptors (Lipinski definition) is 4. The Morgan fingerprint density at radius 3 is 2.30 bits per heavy atom. The molecule has 0 aliphatic heterocycles. The van der Waals surface area contributed by atoms with Crippen LogP contribution in [0.5, 0.6) is 0 Å². The minimum absolute atomic E-state index is 0.169. The van der Waals surface area contributed by atoms with Crippen molar-refractivity contribution in [3.63, 3.8) is 0 Å². The summed E-state index contributed by atoms with van der Waals surface area (Å²) >= 11 is 0. The molecule has 23 heavy (non-hydrogen) atoms. The minimum Gasteiger partial charge on any atom is -0.389 e. The fourth-order valence-electron chi connectivity index (χ4n) is 3.61. The van der Waals surface area contributed by atoms with Crippen molar-refractivity contribution in [1.82, 2.24) is 0 Å². The summed E-state index contributed by atoms with van der Waals surface area (Å²) < 4.78 is 0. The van der Waals surface area contributed by atoms with Gasteiger partial charge in [-0.25, -0.2) is 0 Å². The maximum absolute atomic E-state index is 12.3. The van der Waals surface area contributed by atoms with Crippen molar-refractivity contribution < 1.29 is 19.5 Å². The van der Waals surface area contributed by atoms with E-state index in [1.165, 1.54) is 20.8 Å². The first kappa shape index (κ1) is 17.3. The van der Waals surface area contributed by atoms with Crippen molar-refractivity contribution >= 4 is 23.4 Å². The fraction of sp³-hybridized carbons (Fsp3) is 0.421. The van der Waals surface area contributed by atoms with E-state index in [1.54, 1.807) is 12.2 Å². The first-order valence-electron chi connectivity index (χ1n) is 7.73. The Balaban J connectivity index is 2.45. The Kier molecular flexibility index (Phi) is 4.95. The van der Waals surface area contributed by atoms with Crippen LogP contribution in [0.25, 0.3) is 6.08 Å². The van der Waals surface area contributed by atoms with Gasteiger partial charge in [-0.15, -0.1) is 0 Å². The summed E-state index contributed by atoms with van der Waals surface area (Å²) in [6.07, 6.45) is 3.35. The van der Waals surface area contributed by atoms with E-state index in [4.69, 9.17) is 0 Å². The van der Waals surface area contributed by atoms with Crippen LogP contribution in [0, 0.1) is 17.8 Å². The molecule has 4 atom stereocenters. The normalized spacial score (nSPS) is 31.3. The van der Waals surface area contributed by atoms with Crippen LogP contribution < -0.4 is 0 Å². The molecule has 1 aromatic carbocycles. The molecule has 4 unspecified atom stereocenters. The maximum Gasteiger partial charge on any atom is 0.146 e. The van der Waals surface area contributed by atoms with Crippen LogP contribution in [0.4, 0.5) is 0 Å². The quantitative estimate of drug-likeness (QED) is 0.867. The largest absolute Gasteiger partial charge is 0.389 e. The van der Waals surface area contributed by atoms with Crippen molar-refractivity contribution in [1.29, 1.82) is 0 Å². The summed E-state index contributed by atoms with van der Waals surface area (Å²) in [5.74, 6) is -3.04. The highest BCUT2D eigenvalue weighted by Gasteiger charge is 2.52. The topological polar surface area (TPSA) is 71.4 Å². The van der Waals surface area contributed by atoms with Gasteiger partial charge in [0.2, 0.25) is 0 Å². The molecule has 4 heteroatoms. The molecular formula is C19H22O4. The molecule has 0 aromatic heterocycles. The Bertz CT molecular complexity index is 643. The van der Waals surface area contributed by atoms with Crippen LogP contribution in [0.3, 0.4) is 0 Å². The Morgan fingerprint density at radius 1 is 1.17 bits per heavy atom. The average molecular weight is 314 g/mol. The van der Waals surface area contributed by atoms with Crippen molar-refractivity contribution in [2.75, 3.05) is 0 Å². The number of carbonyl (C=O) groups excluding carboxylic acids is 3. The zero-order valence-corrected chi connectivity index (χ0v) is 13.7. The summed E-state index contributed by atoms with van der Waals surface area (Å²) in [6, 6.07) is 9.44. The van der Waals surface area contributed by atoms with Gasteiger partial charge in [0.15, 0.2) is 0 Å². The molecule has 0 heterocycles. The molecule has 1 fully saturated rings. The minimum atomic E-state index is -1.43. The number of allylic oxidation sites excluding steroid dienone is 1. The van der Waals surface area contributed by atoms with E-state index < -0.39 is 23.4 Å². The van der Waals surface area contributed by atoms with E-state index in [2.05, 4.69) is 0 Å². The van der Waals surface area contributed by atoms with Crippen molar-refractivity contribution in [3.8, 4) is 0 Å². The molecule has 122 valence electrons. The lowest BCUT2D eigenvalue weighted by Gasteiger charge is -2.42. The molecule has 0 bridgehead atoms. The molecule has 0 spiro atoms. The van der Waals surface area contributed by atoms with Gasteiger partial charge in [-0.05, 0) is 26.3 Å². The molecule has 1 saturated carbocycles. The highest BCUT2D eigenvalue weighted by Crippen LogP contribution is 2.41. The van der Waals surface area contributed by atoms with E-state index in [-0.39, 0.29) is 23.8 Å². The van der Waals surface area contributed by atoms with E-state index in [9.17, 15) is 19.5 Å². The van der Waals surface area contributed by atoms with Crippen LogP contribution in [-0.4, -0.2) is 28.1 Å². The SMILES string of the molecule is CC(=O)C1C(=O)CC(C)(O)C(C(C)=O)C1/C=C/c1ccccc1. The third-order valence-corrected chi connectivity index (χ3v) is 4.51. The second kappa shape index (κ2) is 6.59. The Labute approximate surface area is 136 Å². The first-order chi connectivity index (χ1) is 10.7. The third kappa shape index (κ3) is 3.64. The molecule has 1 aromatic rings. The van der Waals surface area contributed by atoms with Gasteiger partial charge in [0.25, 0.3) is 0 Å². The zero-order valence-electron chi connectivity index (χ0n) is 13.7. The predicted molar refractivity (Wildman–Crippen MR) is 87.6 cm³/mol. The van der Waals surface area contributed by atoms with Gasteiger partial charge in [0.1, 0.15) is 17.3 Å². The second-order valence-corrected chi connectivity index (χ2v) is 6.52. The number of carbonyl (C=O) groups is 3. The van der Waals surface area contributed by atoms with Gasteiger partial charge >= 0.3 is 0 Å². The lowest BCUT2D eigenvalue weighted by Crippen LogP contribution is -2.54. The number of aliphatic hydroxyl groups is 1. The molecular weight excluding hydrogens is 292 g/mol. The summed E-state index contributed by atoms with van der Waals surface area (Å²) in [7, 11) is 0. The summed E-state index contributed by atoms with van der Waals surface area (Å²) in [4.78, 5) is 36.4. The molecule has 0 amide bonds. The molecule has 2 rings (SSSR count). The molecule has 0 radical (unpaired) electrons. The summed E-state index contributed by atoms with van der Waals surface area (Å²) in [6.45, 7) is 4.26. The van der Waals surface area contributed by atoms with Gasteiger partial charge in [-0.2, -0.15) is 0 Å². The molecule has 4 nitrogen and oxygen atoms in total. The van der Waals surface area contributed by atoms with E-state index >= 15 is 0 Å². The highest BCUT2D eigenvalue weighted by atomic mass is 16.3. The number of Topliss-reactive ketones (excluding diaryl/α,β-unsaturated/α-hetero) is 3. The average Bonchev–Trinajstić information content (AvgIpc) is 2.43. The smallest absolute Gasteiger partial charge is 0.146 e. The lowest BCUT2D eigenvalue weighted by atomic mass is 9.61. The highest BCUT2D eigenvalue weighted by molar-refractivity contribution is 6.04. The van der Waals surface area contributed by atoms with E-state index in [0.717, 1.165) is 5.56 Å². The summed E-state index contributed by atoms with van der Waals surface area (Å²) in [5, 5.41) is 10.6. The number of benzene rings is 1. The number of rotatable bonds is 4. The van der Waals surface area contributed by atoms with Gasteiger partial charge in [0, 0.05) is 12.3 Å². The monoisotopic (exact) mass is 314 g/mol. The fourth-order valence-corrected chi connectivity index (χ4v) is 3.61. The van der Waals surface area contributed by atoms with Crippen LogP contribution in [-0.2, 0) is 14.4 Å². The predicted octanol–water partition coefficient (Wildman–Crippen LogP) is 2.45. The first-order valence-corrected chi connectivity index (χ1v) is 7.73. The van der Waals surface area contributed by atoms with Crippen molar-refractivity contribution in [3.05, 3.63) is 42.0 Å². The van der Waals surface area contributed by atoms with Crippen molar-refractivity contribution in [2.24, 2.45) is 17.8 Å².